The first-order valence-electron chi connectivity index (χ1n) is 11.3. The topological polar surface area (TPSA) is 36.9 Å². The number of rotatable bonds is 18. The molecule has 4 nitrogen and oxygen atoms in total. The molecular weight excluding hydrogens is 340 g/mol. The molecule has 0 fully saturated rings. The number of unbranched alkanes of at least 4 members (excludes halogenated alkanes) is 5. The monoisotopic (exact) mass is 384 g/mol. The highest BCUT2D eigenvalue weighted by atomic mass is 16.7. The van der Waals surface area contributed by atoms with Gasteiger partial charge < -0.3 is 18.9 Å². The molecule has 0 N–H and O–H groups in total. The van der Waals surface area contributed by atoms with E-state index < -0.39 is 5.79 Å². The molecule has 0 radical (unpaired) electrons. The molecule has 0 bridgehead atoms. The van der Waals surface area contributed by atoms with E-state index in [2.05, 4.69) is 34.6 Å². The van der Waals surface area contributed by atoms with Crippen LogP contribution in [0.4, 0.5) is 0 Å². The van der Waals surface area contributed by atoms with Gasteiger partial charge in [-0.25, -0.2) is 0 Å². The predicted molar refractivity (Wildman–Crippen MR) is 112 cm³/mol. The van der Waals surface area contributed by atoms with Gasteiger partial charge in [0.05, 0.1) is 12.9 Å². The smallest absolute Gasteiger partial charge is 0.222 e. The summed E-state index contributed by atoms with van der Waals surface area (Å²) in [5.74, 6) is -0.540. The van der Waals surface area contributed by atoms with Crippen molar-refractivity contribution in [3.8, 4) is 0 Å². The summed E-state index contributed by atoms with van der Waals surface area (Å²) in [6.07, 6.45) is 15.6. The molecule has 160 valence electrons. The van der Waals surface area contributed by atoms with Crippen molar-refractivity contribution in [3.63, 3.8) is 0 Å². The van der Waals surface area contributed by atoms with Crippen LogP contribution in [0, 0.1) is 5.41 Å². The Hall–Kier alpha value is -0.580. The zero-order valence-electron chi connectivity index (χ0n) is 18.6. The van der Waals surface area contributed by atoms with Crippen LogP contribution in [-0.4, -0.2) is 31.9 Å². The maximum atomic E-state index is 6.23. The minimum absolute atomic E-state index is 0.0173. The van der Waals surface area contributed by atoms with E-state index in [1.807, 2.05) is 6.08 Å². The summed E-state index contributed by atoms with van der Waals surface area (Å²) in [5.41, 5.74) is 0.0173. The summed E-state index contributed by atoms with van der Waals surface area (Å²) < 4.78 is 23.4. The Kier molecular flexibility index (Phi) is 12.3. The number of hydrogen-bond donors (Lipinski definition) is 0. The van der Waals surface area contributed by atoms with Gasteiger partial charge in [0, 0.05) is 24.7 Å². The van der Waals surface area contributed by atoms with Crippen molar-refractivity contribution in [2.45, 2.75) is 111 Å². The Labute approximate surface area is 168 Å². The van der Waals surface area contributed by atoms with Crippen molar-refractivity contribution in [1.82, 2.24) is 0 Å². The van der Waals surface area contributed by atoms with Crippen LogP contribution in [0.5, 0.6) is 0 Å². The zero-order valence-corrected chi connectivity index (χ0v) is 18.6. The lowest BCUT2D eigenvalue weighted by atomic mass is 9.70. The number of ether oxygens (including phenoxy) is 4. The lowest BCUT2D eigenvalue weighted by Gasteiger charge is -2.48. The van der Waals surface area contributed by atoms with E-state index in [1.165, 1.54) is 38.5 Å². The van der Waals surface area contributed by atoms with E-state index in [1.54, 1.807) is 6.26 Å². The molecule has 0 aromatic carbocycles. The van der Waals surface area contributed by atoms with Crippen molar-refractivity contribution < 1.29 is 18.9 Å². The first kappa shape index (κ1) is 24.5. The average Bonchev–Trinajstić information content (AvgIpc) is 2.61. The van der Waals surface area contributed by atoms with E-state index in [-0.39, 0.29) is 11.7 Å². The molecule has 0 saturated heterocycles. The van der Waals surface area contributed by atoms with E-state index in [4.69, 9.17) is 18.9 Å². The summed E-state index contributed by atoms with van der Waals surface area (Å²) in [5, 5.41) is 0. The third-order valence-electron chi connectivity index (χ3n) is 6.02. The lowest BCUT2D eigenvalue weighted by molar-refractivity contribution is -0.292. The van der Waals surface area contributed by atoms with Gasteiger partial charge in [-0.15, -0.1) is 0 Å². The first-order valence-corrected chi connectivity index (χ1v) is 11.3. The minimum Gasteiger partial charge on any atom is -0.469 e. The van der Waals surface area contributed by atoms with Crippen molar-refractivity contribution in [1.29, 1.82) is 0 Å². The maximum Gasteiger partial charge on any atom is 0.222 e. The average molecular weight is 385 g/mol. The van der Waals surface area contributed by atoms with Crippen molar-refractivity contribution in [2.75, 3.05) is 19.8 Å². The summed E-state index contributed by atoms with van der Waals surface area (Å²) in [6.45, 7) is 12.9. The molecule has 0 aromatic heterocycles. The molecule has 1 rings (SSSR count). The van der Waals surface area contributed by atoms with Crippen LogP contribution in [0.15, 0.2) is 12.3 Å². The Morgan fingerprint density at radius 1 is 0.852 bits per heavy atom. The molecule has 2 atom stereocenters. The van der Waals surface area contributed by atoms with Crippen LogP contribution in [0.1, 0.15) is 98.8 Å². The summed E-state index contributed by atoms with van der Waals surface area (Å²) in [7, 11) is 0. The van der Waals surface area contributed by atoms with Gasteiger partial charge in [0.25, 0.3) is 0 Å². The van der Waals surface area contributed by atoms with E-state index in [0.29, 0.717) is 19.8 Å². The Morgan fingerprint density at radius 3 is 1.96 bits per heavy atom. The van der Waals surface area contributed by atoms with Gasteiger partial charge in [-0.1, -0.05) is 52.4 Å². The molecule has 4 heteroatoms. The predicted octanol–water partition coefficient (Wildman–Crippen LogP) is 6.59. The van der Waals surface area contributed by atoms with Gasteiger partial charge in [-0.05, 0) is 46.5 Å². The van der Waals surface area contributed by atoms with Crippen LogP contribution < -0.4 is 0 Å². The molecule has 0 amide bonds. The fourth-order valence-electron chi connectivity index (χ4n) is 4.24. The molecule has 0 aliphatic carbocycles. The summed E-state index contributed by atoms with van der Waals surface area (Å²) in [4.78, 5) is 0. The minimum atomic E-state index is -0.540. The third kappa shape index (κ3) is 7.75. The molecule has 0 spiro atoms. The van der Waals surface area contributed by atoms with Crippen LogP contribution in [0.2, 0.25) is 0 Å². The molecule has 27 heavy (non-hydrogen) atoms. The Balaban J connectivity index is 2.67. The lowest BCUT2D eigenvalue weighted by Crippen LogP contribution is -2.50. The highest BCUT2D eigenvalue weighted by Crippen LogP contribution is 2.47. The van der Waals surface area contributed by atoms with Gasteiger partial charge in [0.2, 0.25) is 6.29 Å². The van der Waals surface area contributed by atoms with E-state index in [9.17, 15) is 0 Å². The van der Waals surface area contributed by atoms with Crippen molar-refractivity contribution in [2.24, 2.45) is 5.41 Å². The van der Waals surface area contributed by atoms with Crippen LogP contribution in [0.25, 0.3) is 0 Å². The highest BCUT2D eigenvalue weighted by Gasteiger charge is 2.47. The normalized spacial score (nSPS) is 18.8. The SMILES string of the molecule is CCCCCCCCC(CC)(CCCOC1C=CO1)C(C)(OCC)OCC. The third-order valence-corrected chi connectivity index (χ3v) is 6.02. The van der Waals surface area contributed by atoms with Crippen molar-refractivity contribution in [3.05, 3.63) is 12.3 Å². The van der Waals surface area contributed by atoms with E-state index in [0.717, 1.165) is 25.7 Å². The van der Waals surface area contributed by atoms with Gasteiger partial charge in [-0.2, -0.15) is 0 Å². The van der Waals surface area contributed by atoms with Crippen molar-refractivity contribution >= 4 is 0 Å². The summed E-state index contributed by atoms with van der Waals surface area (Å²) >= 11 is 0. The second kappa shape index (κ2) is 13.6. The second-order valence-corrected chi connectivity index (χ2v) is 7.77. The molecule has 2 unspecified atom stereocenters. The Bertz CT molecular complexity index is 390. The van der Waals surface area contributed by atoms with Gasteiger partial charge in [0.15, 0.2) is 5.79 Å². The zero-order chi connectivity index (χ0) is 20.0. The number of hydrogen-bond acceptors (Lipinski definition) is 4. The second-order valence-electron chi connectivity index (χ2n) is 7.77. The van der Waals surface area contributed by atoms with Gasteiger partial charge >= 0.3 is 0 Å². The largest absolute Gasteiger partial charge is 0.469 e. The maximum absolute atomic E-state index is 6.23. The van der Waals surface area contributed by atoms with Crippen LogP contribution >= 0.6 is 0 Å². The quantitative estimate of drug-likeness (QED) is 0.197. The van der Waals surface area contributed by atoms with Gasteiger partial charge in [0.1, 0.15) is 0 Å². The fourth-order valence-corrected chi connectivity index (χ4v) is 4.24. The molecule has 1 aliphatic rings. The summed E-state index contributed by atoms with van der Waals surface area (Å²) in [6, 6.07) is 0. The first-order chi connectivity index (χ1) is 13.1. The van der Waals surface area contributed by atoms with Gasteiger partial charge in [-0.3, -0.25) is 0 Å². The molecule has 1 aliphatic heterocycles. The molecule has 0 saturated carbocycles. The van der Waals surface area contributed by atoms with E-state index >= 15 is 0 Å². The fraction of sp³-hybridized carbons (Fsp3) is 0.913. The Morgan fingerprint density at radius 2 is 1.44 bits per heavy atom. The molecular formula is C23H44O4. The van der Waals surface area contributed by atoms with Crippen LogP contribution in [0.3, 0.4) is 0 Å². The van der Waals surface area contributed by atoms with Crippen LogP contribution in [-0.2, 0) is 18.9 Å². The highest BCUT2D eigenvalue weighted by molar-refractivity contribution is 4.92. The standard InChI is InChI=1S/C23H44O4/c1-6-10-11-12-13-14-17-23(7-2,22(5,26-8-3)27-9-4)18-15-19-24-21-16-20-25-21/h16,20-21H,6-15,17-19H2,1-5H3. The molecule has 1 heterocycles. The molecule has 0 aromatic rings.